The molecule has 2 heteroatoms. The topological polar surface area (TPSA) is 26.0 Å². The second kappa shape index (κ2) is 4.35. The Morgan fingerprint density at radius 2 is 1.62 bits per heavy atom. The lowest BCUT2D eigenvalue weighted by molar-refractivity contribution is 0.628. The van der Waals surface area contributed by atoms with Crippen LogP contribution in [-0.4, -0.2) is 0 Å². The van der Waals surface area contributed by atoms with Crippen molar-refractivity contribution in [3.8, 4) is 11.1 Å². The summed E-state index contributed by atoms with van der Waals surface area (Å²) in [6, 6.07) is 12.4. The predicted molar refractivity (Wildman–Crippen MR) is 65.6 cm³/mol. The lowest BCUT2D eigenvalue weighted by Crippen LogP contribution is -1.93. The Morgan fingerprint density at radius 3 is 2.19 bits per heavy atom. The number of aryl methyl sites for hydroxylation is 1. The van der Waals surface area contributed by atoms with Crippen molar-refractivity contribution in [1.82, 2.24) is 0 Å². The Bertz CT molecular complexity index is 489. The molecule has 1 nitrogen and oxygen atoms in total. The van der Waals surface area contributed by atoms with E-state index in [1.807, 2.05) is 18.2 Å². The zero-order chi connectivity index (χ0) is 11.5. The Balaban J connectivity index is 2.41. The molecule has 0 radical (unpaired) electrons. The molecule has 0 aliphatic heterocycles. The number of rotatable bonds is 2. The lowest BCUT2D eigenvalue weighted by Gasteiger charge is -2.06. The fourth-order valence-corrected chi connectivity index (χ4v) is 1.74. The van der Waals surface area contributed by atoms with Gasteiger partial charge in [-0.3, -0.25) is 0 Å². The average Bonchev–Trinajstić information content (AvgIpc) is 2.30. The van der Waals surface area contributed by atoms with E-state index in [9.17, 15) is 4.39 Å². The summed E-state index contributed by atoms with van der Waals surface area (Å²) in [5, 5.41) is 0. The van der Waals surface area contributed by atoms with Gasteiger partial charge in [0.25, 0.3) is 0 Å². The molecule has 0 spiro atoms. The molecule has 82 valence electrons. The maximum absolute atomic E-state index is 12.8. The summed E-state index contributed by atoms with van der Waals surface area (Å²) in [7, 11) is 0. The van der Waals surface area contributed by atoms with Crippen LogP contribution in [0.2, 0.25) is 0 Å². The smallest absolute Gasteiger partial charge is 0.123 e. The summed E-state index contributed by atoms with van der Waals surface area (Å²) in [4.78, 5) is 0. The van der Waals surface area contributed by atoms with Crippen molar-refractivity contribution < 1.29 is 4.39 Å². The summed E-state index contributed by atoms with van der Waals surface area (Å²) < 4.78 is 12.8. The monoisotopic (exact) mass is 215 g/mol. The molecule has 2 aromatic rings. The molecule has 0 saturated carbocycles. The lowest BCUT2D eigenvalue weighted by atomic mass is 10.0. The molecule has 0 atom stereocenters. The van der Waals surface area contributed by atoms with Gasteiger partial charge in [-0.25, -0.2) is 4.39 Å². The molecular weight excluding hydrogens is 201 g/mol. The number of hydrogen-bond donors (Lipinski definition) is 1. The summed E-state index contributed by atoms with van der Waals surface area (Å²) in [5.41, 5.74) is 9.87. The van der Waals surface area contributed by atoms with Gasteiger partial charge >= 0.3 is 0 Å². The van der Waals surface area contributed by atoms with Crippen LogP contribution in [0.4, 0.5) is 10.1 Å². The quantitative estimate of drug-likeness (QED) is 0.760. The molecule has 2 rings (SSSR count). The van der Waals surface area contributed by atoms with Crippen LogP contribution >= 0.6 is 0 Å². The fourth-order valence-electron chi connectivity index (χ4n) is 1.74. The first kappa shape index (κ1) is 10.7. The largest absolute Gasteiger partial charge is 0.398 e. The number of anilines is 1. The van der Waals surface area contributed by atoms with E-state index in [2.05, 4.69) is 6.92 Å². The van der Waals surface area contributed by atoms with Crippen LogP contribution in [0.1, 0.15) is 12.5 Å². The van der Waals surface area contributed by atoms with Crippen molar-refractivity contribution in [2.75, 3.05) is 5.73 Å². The number of hydrogen-bond acceptors (Lipinski definition) is 1. The molecule has 0 saturated heterocycles. The average molecular weight is 215 g/mol. The van der Waals surface area contributed by atoms with Gasteiger partial charge in [0.15, 0.2) is 0 Å². The minimum absolute atomic E-state index is 0.220. The molecule has 0 heterocycles. The highest BCUT2D eigenvalue weighted by molar-refractivity contribution is 5.68. The molecule has 0 amide bonds. The van der Waals surface area contributed by atoms with Gasteiger partial charge in [0, 0.05) is 5.69 Å². The zero-order valence-corrected chi connectivity index (χ0v) is 9.20. The van der Waals surface area contributed by atoms with Gasteiger partial charge in [-0.05, 0) is 41.3 Å². The fraction of sp³-hybridized carbons (Fsp3) is 0.143. The minimum atomic E-state index is -0.220. The van der Waals surface area contributed by atoms with Crippen molar-refractivity contribution >= 4 is 5.69 Å². The van der Waals surface area contributed by atoms with Crippen LogP contribution < -0.4 is 5.73 Å². The third kappa shape index (κ3) is 2.06. The predicted octanol–water partition coefficient (Wildman–Crippen LogP) is 3.64. The van der Waals surface area contributed by atoms with E-state index in [0.717, 1.165) is 28.8 Å². The van der Waals surface area contributed by atoms with Gasteiger partial charge in [-0.15, -0.1) is 0 Å². The summed E-state index contributed by atoms with van der Waals surface area (Å²) >= 11 is 0. The van der Waals surface area contributed by atoms with Gasteiger partial charge in [0.05, 0.1) is 0 Å². The van der Waals surface area contributed by atoms with Crippen LogP contribution in [0.25, 0.3) is 11.1 Å². The molecule has 16 heavy (non-hydrogen) atoms. The van der Waals surface area contributed by atoms with Crippen LogP contribution in [0, 0.1) is 5.82 Å². The number of halogens is 1. The third-order valence-corrected chi connectivity index (χ3v) is 2.70. The maximum atomic E-state index is 12.8. The standard InChI is InChI=1S/C14H14FN/c1-2-10-3-4-12(9-14(10)16)11-5-7-13(15)8-6-11/h3-9H,2,16H2,1H3. The van der Waals surface area contributed by atoms with E-state index >= 15 is 0 Å². The molecular formula is C14H14FN. The van der Waals surface area contributed by atoms with Crippen molar-refractivity contribution in [3.05, 3.63) is 53.8 Å². The van der Waals surface area contributed by atoms with Gasteiger partial charge in [0.2, 0.25) is 0 Å². The maximum Gasteiger partial charge on any atom is 0.123 e. The molecule has 0 aliphatic carbocycles. The normalized spacial score (nSPS) is 10.4. The summed E-state index contributed by atoms with van der Waals surface area (Å²) in [6.45, 7) is 2.07. The van der Waals surface area contributed by atoms with E-state index in [4.69, 9.17) is 5.73 Å². The summed E-state index contributed by atoms with van der Waals surface area (Å²) in [6.07, 6.45) is 0.926. The second-order valence-corrected chi connectivity index (χ2v) is 3.77. The van der Waals surface area contributed by atoms with E-state index in [1.165, 1.54) is 12.1 Å². The minimum Gasteiger partial charge on any atom is -0.398 e. The van der Waals surface area contributed by atoms with Gasteiger partial charge in [-0.1, -0.05) is 31.2 Å². The second-order valence-electron chi connectivity index (χ2n) is 3.77. The zero-order valence-electron chi connectivity index (χ0n) is 9.20. The first-order valence-electron chi connectivity index (χ1n) is 5.35. The molecule has 0 aromatic heterocycles. The highest BCUT2D eigenvalue weighted by atomic mass is 19.1. The highest BCUT2D eigenvalue weighted by Gasteiger charge is 2.01. The number of nitrogen functional groups attached to an aromatic ring is 1. The Hall–Kier alpha value is -1.83. The van der Waals surface area contributed by atoms with Crippen molar-refractivity contribution in [3.63, 3.8) is 0 Å². The number of benzene rings is 2. The Labute approximate surface area is 94.7 Å². The SMILES string of the molecule is CCc1ccc(-c2ccc(F)cc2)cc1N. The van der Waals surface area contributed by atoms with Crippen molar-refractivity contribution in [1.29, 1.82) is 0 Å². The molecule has 0 fully saturated rings. The van der Waals surface area contributed by atoms with E-state index in [0.29, 0.717) is 0 Å². The van der Waals surface area contributed by atoms with E-state index in [-0.39, 0.29) is 5.82 Å². The van der Waals surface area contributed by atoms with Gasteiger partial charge in [0.1, 0.15) is 5.82 Å². The van der Waals surface area contributed by atoms with Crippen molar-refractivity contribution in [2.45, 2.75) is 13.3 Å². The molecule has 0 bridgehead atoms. The first-order chi connectivity index (χ1) is 7.70. The Morgan fingerprint density at radius 1 is 1.00 bits per heavy atom. The van der Waals surface area contributed by atoms with Crippen LogP contribution in [0.3, 0.4) is 0 Å². The van der Waals surface area contributed by atoms with Crippen molar-refractivity contribution in [2.24, 2.45) is 0 Å². The highest BCUT2D eigenvalue weighted by Crippen LogP contribution is 2.24. The van der Waals surface area contributed by atoms with Gasteiger partial charge < -0.3 is 5.73 Å². The van der Waals surface area contributed by atoms with E-state index in [1.54, 1.807) is 12.1 Å². The van der Waals surface area contributed by atoms with Gasteiger partial charge in [-0.2, -0.15) is 0 Å². The molecule has 0 unspecified atom stereocenters. The van der Waals surface area contributed by atoms with Crippen LogP contribution in [0.5, 0.6) is 0 Å². The number of nitrogens with two attached hydrogens (primary N) is 1. The van der Waals surface area contributed by atoms with Crippen LogP contribution in [-0.2, 0) is 6.42 Å². The Kier molecular flexibility index (Phi) is 2.91. The molecule has 2 aromatic carbocycles. The molecule has 2 N–H and O–H groups in total. The first-order valence-corrected chi connectivity index (χ1v) is 5.35. The van der Waals surface area contributed by atoms with Crippen LogP contribution in [0.15, 0.2) is 42.5 Å². The molecule has 0 aliphatic rings. The van der Waals surface area contributed by atoms with E-state index < -0.39 is 0 Å². The third-order valence-electron chi connectivity index (χ3n) is 2.70. The summed E-state index contributed by atoms with van der Waals surface area (Å²) in [5.74, 6) is -0.220.